The predicted molar refractivity (Wildman–Crippen MR) is 84.9 cm³/mol. The number of amides is 1. The zero-order chi connectivity index (χ0) is 15.5. The van der Waals surface area contributed by atoms with Gasteiger partial charge >= 0.3 is 0 Å². The van der Waals surface area contributed by atoms with E-state index in [9.17, 15) is 9.59 Å². The van der Waals surface area contributed by atoms with E-state index in [2.05, 4.69) is 0 Å². The second-order valence-electron chi connectivity index (χ2n) is 5.44. The van der Waals surface area contributed by atoms with Gasteiger partial charge in [-0.25, -0.2) is 0 Å². The molecule has 1 atom stereocenters. The molecule has 3 nitrogen and oxygen atoms in total. The predicted octanol–water partition coefficient (Wildman–Crippen LogP) is 3.29. The maximum Gasteiger partial charge on any atom is 0.253 e. The van der Waals surface area contributed by atoms with Crippen molar-refractivity contribution < 1.29 is 9.59 Å². The Kier molecular flexibility index (Phi) is 3.88. The number of carbonyl (C=O) groups excluding carboxylic acids is 2. The van der Waals surface area contributed by atoms with Crippen molar-refractivity contribution in [1.29, 1.82) is 0 Å². The van der Waals surface area contributed by atoms with Crippen molar-refractivity contribution in [2.24, 2.45) is 0 Å². The molecule has 0 radical (unpaired) electrons. The van der Waals surface area contributed by atoms with E-state index in [0.29, 0.717) is 12.1 Å². The second kappa shape index (κ2) is 5.98. The van der Waals surface area contributed by atoms with E-state index >= 15 is 0 Å². The number of hydrogen-bond acceptors (Lipinski definition) is 2. The Bertz CT molecular complexity index is 720. The van der Waals surface area contributed by atoms with Crippen LogP contribution < -0.4 is 0 Å². The SMILES string of the molecule is CC(=O)C=C1C(=O)N(Cc2ccccc2)C1c1ccccc1. The third kappa shape index (κ3) is 2.70. The number of carbonyl (C=O) groups is 2. The molecule has 0 bridgehead atoms. The molecule has 1 unspecified atom stereocenters. The summed E-state index contributed by atoms with van der Waals surface area (Å²) in [6.45, 7) is 2.02. The lowest BCUT2D eigenvalue weighted by molar-refractivity contribution is -0.138. The molecule has 1 aliphatic rings. The fourth-order valence-electron chi connectivity index (χ4n) is 2.80. The lowest BCUT2D eigenvalue weighted by Gasteiger charge is -2.43. The Hall–Kier alpha value is -2.68. The summed E-state index contributed by atoms with van der Waals surface area (Å²) in [5, 5.41) is 0. The van der Waals surface area contributed by atoms with Gasteiger partial charge in [-0.05, 0) is 24.1 Å². The second-order valence-corrected chi connectivity index (χ2v) is 5.44. The summed E-state index contributed by atoms with van der Waals surface area (Å²) in [5.74, 6) is -0.156. The topological polar surface area (TPSA) is 37.4 Å². The van der Waals surface area contributed by atoms with Crippen LogP contribution in [0.25, 0.3) is 0 Å². The van der Waals surface area contributed by atoms with E-state index in [1.165, 1.54) is 13.0 Å². The molecule has 0 aliphatic carbocycles. The zero-order valence-electron chi connectivity index (χ0n) is 12.4. The monoisotopic (exact) mass is 291 g/mol. The van der Waals surface area contributed by atoms with E-state index in [-0.39, 0.29) is 17.7 Å². The van der Waals surface area contributed by atoms with Gasteiger partial charge in [-0.2, -0.15) is 0 Å². The summed E-state index contributed by atoms with van der Waals surface area (Å²) in [6, 6.07) is 19.6. The minimum absolute atomic E-state index is 0.0621. The minimum atomic E-state index is -0.141. The van der Waals surface area contributed by atoms with Gasteiger partial charge in [-0.15, -0.1) is 0 Å². The summed E-state index contributed by atoms with van der Waals surface area (Å²) in [4.78, 5) is 25.6. The average molecular weight is 291 g/mol. The first-order valence-corrected chi connectivity index (χ1v) is 7.29. The summed E-state index contributed by atoms with van der Waals surface area (Å²) in [6.07, 6.45) is 1.46. The highest BCUT2D eigenvalue weighted by atomic mass is 16.2. The van der Waals surface area contributed by atoms with E-state index in [0.717, 1.165) is 11.1 Å². The third-order valence-corrected chi connectivity index (χ3v) is 3.78. The smallest absolute Gasteiger partial charge is 0.253 e. The van der Waals surface area contributed by atoms with Crippen LogP contribution in [0, 0.1) is 0 Å². The van der Waals surface area contributed by atoms with Crippen LogP contribution in [0.15, 0.2) is 72.3 Å². The van der Waals surface area contributed by atoms with E-state index in [4.69, 9.17) is 0 Å². The van der Waals surface area contributed by atoms with Gasteiger partial charge in [-0.3, -0.25) is 9.59 Å². The van der Waals surface area contributed by atoms with Crippen molar-refractivity contribution in [3.63, 3.8) is 0 Å². The number of rotatable bonds is 4. The Morgan fingerprint density at radius 1 is 1.05 bits per heavy atom. The van der Waals surface area contributed by atoms with Gasteiger partial charge in [-0.1, -0.05) is 60.7 Å². The largest absolute Gasteiger partial charge is 0.323 e. The molecule has 0 spiro atoms. The Labute approximate surface area is 129 Å². The maximum atomic E-state index is 12.4. The molecule has 0 N–H and O–H groups in total. The molecule has 1 saturated heterocycles. The van der Waals surface area contributed by atoms with Gasteiger partial charge in [0.1, 0.15) is 0 Å². The number of hydrogen-bond donors (Lipinski definition) is 0. The molecule has 1 aliphatic heterocycles. The van der Waals surface area contributed by atoms with Gasteiger partial charge in [0.05, 0.1) is 6.04 Å². The molecule has 1 heterocycles. The summed E-state index contributed by atoms with van der Waals surface area (Å²) < 4.78 is 0. The van der Waals surface area contributed by atoms with Gasteiger partial charge < -0.3 is 4.90 Å². The molecule has 110 valence electrons. The van der Waals surface area contributed by atoms with Crippen molar-refractivity contribution in [3.8, 4) is 0 Å². The molecule has 3 rings (SSSR count). The van der Waals surface area contributed by atoms with Crippen LogP contribution >= 0.6 is 0 Å². The number of nitrogens with zero attached hydrogens (tertiary/aromatic N) is 1. The lowest BCUT2D eigenvalue weighted by Crippen LogP contribution is -2.48. The molecule has 2 aromatic carbocycles. The molecule has 0 aromatic heterocycles. The molecule has 22 heavy (non-hydrogen) atoms. The molecular weight excluding hydrogens is 274 g/mol. The fraction of sp³-hybridized carbons (Fsp3) is 0.158. The average Bonchev–Trinajstić information content (AvgIpc) is 2.55. The maximum absolute atomic E-state index is 12.4. The zero-order valence-corrected chi connectivity index (χ0v) is 12.4. The van der Waals surface area contributed by atoms with E-state index in [1.54, 1.807) is 4.90 Å². The normalized spacial score (nSPS) is 19.1. The molecule has 3 heteroatoms. The van der Waals surface area contributed by atoms with Crippen LogP contribution in [0.5, 0.6) is 0 Å². The fourth-order valence-corrected chi connectivity index (χ4v) is 2.80. The van der Waals surface area contributed by atoms with Crippen molar-refractivity contribution in [3.05, 3.63) is 83.4 Å². The van der Waals surface area contributed by atoms with Crippen LogP contribution in [0.4, 0.5) is 0 Å². The first kappa shape index (κ1) is 14.3. The lowest BCUT2D eigenvalue weighted by atomic mass is 9.86. The Morgan fingerprint density at radius 3 is 2.23 bits per heavy atom. The minimum Gasteiger partial charge on any atom is -0.323 e. The van der Waals surface area contributed by atoms with Gasteiger partial charge in [0.15, 0.2) is 5.78 Å². The van der Waals surface area contributed by atoms with Crippen molar-refractivity contribution >= 4 is 11.7 Å². The van der Waals surface area contributed by atoms with Crippen LogP contribution in [0.3, 0.4) is 0 Å². The third-order valence-electron chi connectivity index (χ3n) is 3.78. The number of allylic oxidation sites excluding steroid dienone is 1. The van der Waals surface area contributed by atoms with E-state index in [1.807, 2.05) is 60.7 Å². The Morgan fingerprint density at radius 2 is 1.64 bits per heavy atom. The van der Waals surface area contributed by atoms with Crippen LogP contribution in [0.1, 0.15) is 24.1 Å². The molecular formula is C19H17NO2. The van der Waals surface area contributed by atoms with E-state index < -0.39 is 0 Å². The van der Waals surface area contributed by atoms with Crippen molar-refractivity contribution in [2.45, 2.75) is 19.5 Å². The van der Waals surface area contributed by atoms with Crippen LogP contribution in [0.2, 0.25) is 0 Å². The Balaban J connectivity index is 1.92. The van der Waals surface area contributed by atoms with Crippen molar-refractivity contribution in [1.82, 2.24) is 4.90 Å². The number of β-lactam (4-membered cyclic amide) rings is 1. The highest BCUT2D eigenvalue weighted by Crippen LogP contribution is 2.40. The molecule has 1 fully saturated rings. The van der Waals surface area contributed by atoms with Gasteiger partial charge in [0.25, 0.3) is 5.91 Å². The summed E-state index contributed by atoms with van der Waals surface area (Å²) in [5.41, 5.74) is 2.69. The number of benzene rings is 2. The summed E-state index contributed by atoms with van der Waals surface area (Å²) >= 11 is 0. The highest BCUT2D eigenvalue weighted by molar-refractivity contribution is 6.07. The number of likely N-dealkylation sites (tertiary alicyclic amines) is 1. The first-order chi connectivity index (χ1) is 10.7. The van der Waals surface area contributed by atoms with Gasteiger partial charge in [0.2, 0.25) is 0 Å². The molecule has 0 saturated carbocycles. The van der Waals surface area contributed by atoms with Gasteiger partial charge in [0, 0.05) is 12.1 Å². The highest BCUT2D eigenvalue weighted by Gasteiger charge is 2.42. The van der Waals surface area contributed by atoms with Crippen molar-refractivity contribution in [2.75, 3.05) is 0 Å². The quantitative estimate of drug-likeness (QED) is 0.640. The van der Waals surface area contributed by atoms with Crippen LogP contribution in [-0.2, 0) is 16.1 Å². The first-order valence-electron chi connectivity index (χ1n) is 7.29. The molecule has 2 aromatic rings. The van der Waals surface area contributed by atoms with Crippen LogP contribution in [-0.4, -0.2) is 16.6 Å². The number of ketones is 1. The summed E-state index contributed by atoms with van der Waals surface area (Å²) in [7, 11) is 0. The molecule has 1 amide bonds. The standard InChI is InChI=1S/C19H17NO2/c1-14(21)12-17-18(16-10-6-3-7-11-16)20(19(17)22)13-15-8-4-2-5-9-15/h2-12,18H,13H2,1H3.